The molecule has 13 heavy (non-hydrogen) atoms. The van der Waals surface area contributed by atoms with Gasteiger partial charge in [0, 0.05) is 13.2 Å². The van der Waals surface area contributed by atoms with Crippen LogP contribution in [0.15, 0.2) is 12.3 Å². The van der Waals surface area contributed by atoms with E-state index in [0.717, 1.165) is 25.0 Å². The summed E-state index contributed by atoms with van der Waals surface area (Å²) in [6.45, 7) is 2.02. The van der Waals surface area contributed by atoms with Crippen molar-refractivity contribution in [1.29, 1.82) is 0 Å². The van der Waals surface area contributed by atoms with E-state index in [1.54, 1.807) is 4.68 Å². The minimum absolute atomic E-state index is 0.437. The summed E-state index contributed by atoms with van der Waals surface area (Å²) in [6.07, 6.45) is 4.93. The largest absolute Gasteiger partial charge is 0.383 e. The average Bonchev–Trinajstić information content (AvgIpc) is 2.89. The Labute approximate surface area is 78.4 Å². The lowest BCUT2D eigenvalue weighted by Gasteiger charge is -2.24. The van der Waals surface area contributed by atoms with Gasteiger partial charge in [0.1, 0.15) is 5.60 Å². The Morgan fingerprint density at radius 2 is 2.38 bits per heavy atom. The maximum atomic E-state index is 10.4. The monoisotopic (exact) mass is 180 g/mol. The number of hydrogen-bond donors (Lipinski definition) is 1. The highest BCUT2D eigenvalue weighted by atomic mass is 16.3. The van der Waals surface area contributed by atoms with Crippen LogP contribution < -0.4 is 0 Å². The molecule has 0 aromatic carbocycles. The molecule has 0 aliphatic heterocycles. The molecule has 0 bridgehead atoms. The van der Waals surface area contributed by atoms with Crippen LogP contribution in [-0.2, 0) is 12.6 Å². The molecular formula is C10H16N2O. The van der Waals surface area contributed by atoms with Crippen molar-refractivity contribution in [3.63, 3.8) is 0 Å². The van der Waals surface area contributed by atoms with Crippen molar-refractivity contribution in [2.24, 2.45) is 13.0 Å². The molecule has 0 radical (unpaired) electrons. The van der Waals surface area contributed by atoms with Gasteiger partial charge >= 0.3 is 0 Å². The van der Waals surface area contributed by atoms with Crippen molar-refractivity contribution in [1.82, 2.24) is 9.78 Å². The minimum Gasteiger partial charge on any atom is -0.383 e. The molecule has 1 heterocycles. The van der Waals surface area contributed by atoms with E-state index in [4.69, 9.17) is 0 Å². The van der Waals surface area contributed by atoms with Gasteiger partial charge in [-0.05, 0) is 31.2 Å². The normalized spacial score (nSPS) is 21.5. The van der Waals surface area contributed by atoms with Gasteiger partial charge in [0.15, 0.2) is 0 Å². The standard InChI is InChI=1S/C10H16N2O/c1-3-10(13,8-4-5-8)9-6-7-12(2)11-9/h6-8,13H,3-5H2,1-2H3. The summed E-state index contributed by atoms with van der Waals surface area (Å²) in [6, 6.07) is 1.92. The molecule has 1 fully saturated rings. The summed E-state index contributed by atoms with van der Waals surface area (Å²) in [5.41, 5.74) is 0.168. The summed E-state index contributed by atoms with van der Waals surface area (Å²) in [7, 11) is 1.88. The van der Waals surface area contributed by atoms with Crippen molar-refractivity contribution in [3.8, 4) is 0 Å². The number of nitrogens with zero attached hydrogens (tertiary/aromatic N) is 2. The first kappa shape index (κ1) is 8.75. The van der Waals surface area contributed by atoms with Gasteiger partial charge in [-0.1, -0.05) is 6.92 Å². The van der Waals surface area contributed by atoms with Gasteiger partial charge in [0.25, 0.3) is 0 Å². The van der Waals surface area contributed by atoms with E-state index in [1.807, 2.05) is 26.2 Å². The SMILES string of the molecule is CCC(O)(c1ccn(C)n1)C1CC1. The van der Waals surface area contributed by atoms with E-state index in [-0.39, 0.29) is 0 Å². The molecule has 0 spiro atoms. The smallest absolute Gasteiger partial charge is 0.111 e. The van der Waals surface area contributed by atoms with Crippen LogP contribution in [0.1, 0.15) is 31.9 Å². The highest BCUT2D eigenvalue weighted by Gasteiger charge is 2.45. The van der Waals surface area contributed by atoms with Gasteiger partial charge < -0.3 is 5.11 Å². The summed E-state index contributed by atoms with van der Waals surface area (Å²) < 4.78 is 1.75. The lowest BCUT2D eigenvalue weighted by Crippen LogP contribution is -2.28. The van der Waals surface area contributed by atoms with E-state index in [1.165, 1.54) is 0 Å². The Bertz CT molecular complexity index is 304. The van der Waals surface area contributed by atoms with Crippen LogP contribution in [-0.4, -0.2) is 14.9 Å². The predicted octanol–water partition coefficient (Wildman–Crippen LogP) is 1.43. The average molecular weight is 180 g/mol. The summed E-state index contributed by atoms with van der Waals surface area (Å²) >= 11 is 0. The van der Waals surface area contributed by atoms with Gasteiger partial charge in [-0.15, -0.1) is 0 Å². The van der Waals surface area contributed by atoms with Crippen LogP contribution in [0.3, 0.4) is 0 Å². The number of aryl methyl sites for hydroxylation is 1. The van der Waals surface area contributed by atoms with Gasteiger partial charge in [-0.25, -0.2) is 0 Å². The van der Waals surface area contributed by atoms with Gasteiger partial charge in [0.05, 0.1) is 5.69 Å². The van der Waals surface area contributed by atoms with Gasteiger partial charge in [-0.3, -0.25) is 4.68 Å². The van der Waals surface area contributed by atoms with Crippen molar-refractivity contribution in [3.05, 3.63) is 18.0 Å². The number of aliphatic hydroxyl groups is 1. The zero-order valence-electron chi connectivity index (χ0n) is 8.20. The fourth-order valence-corrected chi connectivity index (χ4v) is 1.89. The maximum absolute atomic E-state index is 10.4. The molecular weight excluding hydrogens is 164 g/mol. The first-order valence-corrected chi connectivity index (χ1v) is 4.89. The molecule has 1 saturated carbocycles. The Hall–Kier alpha value is -0.830. The van der Waals surface area contributed by atoms with Crippen LogP contribution in [0.25, 0.3) is 0 Å². The third-order valence-corrected chi connectivity index (χ3v) is 2.95. The summed E-state index contributed by atoms with van der Waals surface area (Å²) in [4.78, 5) is 0. The number of rotatable bonds is 3. The molecule has 3 nitrogen and oxygen atoms in total. The molecule has 1 atom stereocenters. The third kappa shape index (κ3) is 1.37. The Kier molecular flexibility index (Phi) is 1.91. The first-order valence-electron chi connectivity index (χ1n) is 4.89. The second-order valence-corrected chi connectivity index (χ2v) is 3.93. The molecule has 0 saturated heterocycles. The van der Waals surface area contributed by atoms with Crippen molar-refractivity contribution in [2.75, 3.05) is 0 Å². The minimum atomic E-state index is -0.665. The number of hydrogen-bond acceptors (Lipinski definition) is 2. The topological polar surface area (TPSA) is 38.0 Å². The van der Waals surface area contributed by atoms with E-state index >= 15 is 0 Å². The van der Waals surface area contributed by atoms with Crippen molar-refractivity contribution < 1.29 is 5.11 Å². The fourth-order valence-electron chi connectivity index (χ4n) is 1.89. The molecule has 1 N–H and O–H groups in total. The summed E-state index contributed by atoms with van der Waals surface area (Å²) in [5.74, 6) is 0.437. The van der Waals surface area contributed by atoms with Crippen LogP contribution in [0.2, 0.25) is 0 Å². The Morgan fingerprint density at radius 3 is 2.77 bits per heavy atom. The zero-order valence-corrected chi connectivity index (χ0v) is 8.20. The molecule has 1 aliphatic carbocycles. The Morgan fingerprint density at radius 1 is 1.69 bits per heavy atom. The second kappa shape index (κ2) is 2.84. The van der Waals surface area contributed by atoms with Crippen LogP contribution in [0.4, 0.5) is 0 Å². The fraction of sp³-hybridized carbons (Fsp3) is 0.700. The summed E-state index contributed by atoms with van der Waals surface area (Å²) in [5, 5.41) is 14.7. The maximum Gasteiger partial charge on any atom is 0.111 e. The molecule has 1 aromatic heterocycles. The van der Waals surface area contributed by atoms with E-state index in [2.05, 4.69) is 5.10 Å². The number of aromatic nitrogens is 2. The van der Waals surface area contributed by atoms with Crippen LogP contribution in [0, 0.1) is 5.92 Å². The quantitative estimate of drug-likeness (QED) is 0.764. The lowest BCUT2D eigenvalue weighted by atomic mass is 9.91. The zero-order chi connectivity index (χ0) is 9.47. The molecule has 0 amide bonds. The van der Waals surface area contributed by atoms with Crippen molar-refractivity contribution in [2.45, 2.75) is 31.8 Å². The van der Waals surface area contributed by atoms with Gasteiger partial charge in [-0.2, -0.15) is 5.10 Å². The lowest BCUT2D eigenvalue weighted by molar-refractivity contribution is 0.00417. The molecule has 72 valence electrons. The predicted molar refractivity (Wildman–Crippen MR) is 50.1 cm³/mol. The molecule has 2 rings (SSSR count). The van der Waals surface area contributed by atoms with Crippen LogP contribution >= 0.6 is 0 Å². The van der Waals surface area contributed by atoms with Crippen LogP contribution in [0.5, 0.6) is 0 Å². The highest BCUT2D eigenvalue weighted by molar-refractivity contribution is 5.14. The Balaban J connectivity index is 2.29. The van der Waals surface area contributed by atoms with E-state index < -0.39 is 5.60 Å². The third-order valence-electron chi connectivity index (χ3n) is 2.95. The second-order valence-electron chi connectivity index (χ2n) is 3.93. The highest BCUT2D eigenvalue weighted by Crippen LogP contribution is 2.46. The van der Waals surface area contributed by atoms with Crippen molar-refractivity contribution >= 4 is 0 Å². The molecule has 3 heteroatoms. The molecule has 1 aliphatic rings. The van der Waals surface area contributed by atoms with E-state index in [0.29, 0.717) is 5.92 Å². The molecule has 1 unspecified atom stereocenters. The first-order chi connectivity index (χ1) is 6.16. The molecule has 1 aromatic rings. The van der Waals surface area contributed by atoms with Gasteiger partial charge in [0.2, 0.25) is 0 Å². The van der Waals surface area contributed by atoms with E-state index in [9.17, 15) is 5.11 Å².